The highest BCUT2D eigenvalue weighted by Gasteiger charge is 2.45. The van der Waals surface area contributed by atoms with Gasteiger partial charge in [0.1, 0.15) is 34.4 Å². The molecule has 0 saturated carbocycles. The summed E-state index contributed by atoms with van der Waals surface area (Å²) in [7, 11) is -2.21. The van der Waals surface area contributed by atoms with Gasteiger partial charge in [-0.15, -0.1) is 0 Å². The molecule has 4 aromatic carbocycles. The van der Waals surface area contributed by atoms with E-state index in [1.54, 1.807) is 41.5 Å². The van der Waals surface area contributed by atoms with Crippen molar-refractivity contribution < 1.29 is 36.0 Å². The normalized spacial score (nSPS) is 11.7. The number of carbonyl (C=O) groups excluding carboxylic acids is 2. The molecule has 5 nitrogen and oxygen atoms in total. The van der Waals surface area contributed by atoms with E-state index in [4.69, 9.17) is 9.47 Å². The number of hydrogen-bond acceptors (Lipinski definition) is 4. The predicted molar refractivity (Wildman–Crippen MR) is 173 cm³/mol. The molecule has 0 aliphatic rings. The summed E-state index contributed by atoms with van der Waals surface area (Å²) >= 11 is 0. The van der Waals surface area contributed by atoms with Gasteiger partial charge in [0.15, 0.2) is 0 Å². The third-order valence-electron chi connectivity index (χ3n) is 6.58. The van der Waals surface area contributed by atoms with Crippen LogP contribution in [0.25, 0.3) is 0 Å². The Morgan fingerprint density at radius 1 is 0.581 bits per heavy atom. The van der Waals surface area contributed by atoms with Crippen LogP contribution in [0.4, 0.5) is 9.59 Å². The molecule has 43 heavy (non-hydrogen) atoms. The third kappa shape index (κ3) is 9.01. The smallest absolute Gasteiger partial charge is 0.420 e. The second kappa shape index (κ2) is 14.3. The largest absolute Gasteiger partial charge is 1.00 e. The second-order valence-corrected chi connectivity index (χ2v) is 15.8. The van der Waals surface area contributed by atoms with Gasteiger partial charge in [-0.1, -0.05) is 78.9 Å². The maximum atomic E-state index is 13.3. The summed E-state index contributed by atoms with van der Waals surface area (Å²) in [6.07, 6.45) is -0.648. The number of amides is 2. The molecule has 0 fully saturated rings. The van der Waals surface area contributed by atoms with Crippen LogP contribution in [0.1, 0.15) is 52.7 Å². The molecule has 0 bridgehead atoms. The first-order valence-corrected chi connectivity index (χ1v) is 16.2. The number of rotatable bonds is 7. The van der Waals surface area contributed by atoms with Crippen molar-refractivity contribution in [1.82, 2.24) is 4.90 Å². The second-order valence-electron chi connectivity index (χ2n) is 12.3. The van der Waals surface area contributed by atoms with E-state index < -0.39 is 30.7 Å². The Labute approximate surface area is 267 Å². The summed E-state index contributed by atoms with van der Waals surface area (Å²) in [6, 6.07) is 40.1. The van der Waals surface area contributed by atoms with E-state index in [0.717, 1.165) is 21.9 Å². The first-order valence-electron chi connectivity index (χ1n) is 14.2. The van der Waals surface area contributed by atoms with Crippen LogP contribution in [0.15, 0.2) is 115 Å². The highest BCUT2D eigenvalue weighted by molar-refractivity contribution is 7.95. The number of hydrogen-bond donors (Lipinski definition) is 0. The molecule has 2 amide bonds. The van der Waals surface area contributed by atoms with Gasteiger partial charge in [0.25, 0.3) is 0 Å². The SMILES string of the molecule is CC(C)(C)OC(=O)N(Cc1cccc([P+](Cc2ccccc2)(c2ccccc2)c2ccccc2)c1)C(=O)OC(C)(C)C.[Br-]. The lowest BCUT2D eigenvalue weighted by molar-refractivity contribution is -0.00157. The van der Waals surface area contributed by atoms with Crippen LogP contribution in [0.5, 0.6) is 0 Å². The summed E-state index contributed by atoms with van der Waals surface area (Å²) in [4.78, 5) is 27.6. The van der Waals surface area contributed by atoms with Crippen LogP contribution < -0.4 is 32.9 Å². The zero-order valence-electron chi connectivity index (χ0n) is 25.8. The first kappa shape index (κ1) is 34.0. The Balaban J connectivity index is 0.00000506. The Kier molecular flexibility index (Phi) is 11.3. The van der Waals surface area contributed by atoms with Crippen molar-refractivity contribution in [3.8, 4) is 0 Å². The lowest BCUT2D eigenvalue weighted by Crippen LogP contribution is -3.00. The fourth-order valence-electron chi connectivity index (χ4n) is 4.86. The lowest BCUT2D eigenvalue weighted by atomic mass is 10.2. The maximum absolute atomic E-state index is 13.3. The lowest BCUT2D eigenvalue weighted by Gasteiger charge is -2.30. The third-order valence-corrected chi connectivity index (χ3v) is 10.9. The minimum Gasteiger partial charge on any atom is -1.00 e. The highest BCUT2D eigenvalue weighted by atomic mass is 79.9. The van der Waals surface area contributed by atoms with E-state index in [9.17, 15) is 9.59 Å². The average Bonchev–Trinajstić information content (AvgIpc) is 2.94. The monoisotopic (exact) mass is 661 g/mol. The molecule has 0 aromatic heterocycles. The zero-order valence-corrected chi connectivity index (χ0v) is 28.3. The molecule has 0 heterocycles. The van der Waals surface area contributed by atoms with E-state index >= 15 is 0 Å². The first-order chi connectivity index (χ1) is 19.9. The molecule has 0 aliphatic heterocycles. The van der Waals surface area contributed by atoms with Gasteiger partial charge < -0.3 is 26.5 Å². The quantitative estimate of drug-likeness (QED) is 0.266. The molecule has 0 aliphatic carbocycles. The average molecular weight is 663 g/mol. The summed E-state index contributed by atoms with van der Waals surface area (Å²) in [6.45, 7) is 10.7. The van der Waals surface area contributed by atoms with Crippen molar-refractivity contribution in [2.45, 2.75) is 65.5 Å². The summed E-state index contributed by atoms with van der Waals surface area (Å²) in [5, 5.41) is 3.68. The number of imide groups is 1. The Morgan fingerprint density at radius 2 is 0.977 bits per heavy atom. The van der Waals surface area contributed by atoms with Gasteiger partial charge in [-0.25, -0.2) is 14.5 Å². The molecule has 7 heteroatoms. The van der Waals surface area contributed by atoms with Crippen LogP contribution >= 0.6 is 7.26 Å². The van der Waals surface area contributed by atoms with Crippen molar-refractivity contribution in [2.24, 2.45) is 0 Å². The molecule has 0 atom stereocenters. The minimum atomic E-state index is -2.21. The molecular weight excluding hydrogens is 621 g/mol. The van der Waals surface area contributed by atoms with Crippen molar-refractivity contribution >= 4 is 35.4 Å². The van der Waals surface area contributed by atoms with Gasteiger partial charge in [-0.2, -0.15) is 0 Å². The molecule has 0 N–H and O–H groups in total. The topological polar surface area (TPSA) is 55.8 Å². The van der Waals surface area contributed by atoms with Crippen LogP contribution in [-0.2, 0) is 22.2 Å². The minimum absolute atomic E-state index is 0. The highest BCUT2D eigenvalue weighted by Crippen LogP contribution is 2.58. The molecule has 226 valence electrons. The molecule has 0 spiro atoms. The zero-order chi connectivity index (χ0) is 30.4. The van der Waals surface area contributed by atoms with Crippen molar-refractivity contribution in [3.05, 3.63) is 126 Å². The van der Waals surface area contributed by atoms with Gasteiger partial charge in [0.05, 0.1) is 12.7 Å². The van der Waals surface area contributed by atoms with Crippen LogP contribution in [0.3, 0.4) is 0 Å². The number of ether oxygens (including phenoxy) is 2. The van der Waals surface area contributed by atoms with E-state index in [1.165, 1.54) is 16.2 Å². The molecule has 4 aromatic rings. The van der Waals surface area contributed by atoms with Crippen LogP contribution in [0, 0.1) is 0 Å². The summed E-state index contributed by atoms with van der Waals surface area (Å²) in [5.41, 5.74) is 0.522. The maximum Gasteiger partial charge on any atom is 0.420 e. The molecule has 0 saturated heterocycles. The van der Waals surface area contributed by atoms with Crippen molar-refractivity contribution in [2.75, 3.05) is 0 Å². The molecular formula is C36H41BrNO4P. The number of halogens is 1. The molecule has 4 rings (SSSR count). The Bertz CT molecular complexity index is 1420. The number of carbonyl (C=O) groups is 2. The van der Waals surface area contributed by atoms with E-state index in [-0.39, 0.29) is 23.5 Å². The van der Waals surface area contributed by atoms with Crippen molar-refractivity contribution in [3.63, 3.8) is 0 Å². The van der Waals surface area contributed by atoms with Crippen LogP contribution in [0.2, 0.25) is 0 Å². The van der Waals surface area contributed by atoms with Gasteiger partial charge in [-0.3, -0.25) is 0 Å². The van der Waals surface area contributed by atoms with E-state index in [0.29, 0.717) is 0 Å². The van der Waals surface area contributed by atoms with Crippen molar-refractivity contribution in [1.29, 1.82) is 0 Å². The van der Waals surface area contributed by atoms with E-state index in [2.05, 4.69) is 84.9 Å². The number of benzene rings is 4. The van der Waals surface area contributed by atoms with E-state index in [1.807, 2.05) is 30.3 Å². The van der Waals surface area contributed by atoms with Gasteiger partial charge in [-0.05, 0) is 89.1 Å². The Morgan fingerprint density at radius 3 is 1.42 bits per heavy atom. The predicted octanol–water partition coefficient (Wildman–Crippen LogP) is 4.86. The fraction of sp³-hybridized carbons (Fsp3) is 0.278. The molecule has 0 unspecified atom stereocenters. The standard InChI is InChI=1S/C36H41NO4P.BrH/c1-35(2,3)40-33(38)37(34(39)41-36(4,5)6)26-29-19-16-24-32(25-29)42(30-20-12-8-13-21-30,31-22-14-9-15-23-31)27-28-17-10-7-11-18-28;/h7-25H,26-27H2,1-6H3;1H/q+1;/p-1. The summed E-state index contributed by atoms with van der Waals surface area (Å²) < 4.78 is 11.2. The molecule has 0 radical (unpaired) electrons. The summed E-state index contributed by atoms with van der Waals surface area (Å²) in [5.74, 6) is 0. The number of nitrogens with zero attached hydrogens (tertiary/aromatic N) is 1. The van der Waals surface area contributed by atoms with Gasteiger partial charge in [0, 0.05) is 0 Å². The fourth-order valence-corrected chi connectivity index (χ4v) is 9.15. The van der Waals surface area contributed by atoms with Gasteiger partial charge in [0.2, 0.25) is 0 Å². The Hall–Kier alpha value is -3.47. The van der Waals surface area contributed by atoms with Crippen LogP contribution in [-0.4, -0.2) is 28.3 Å². The van der Waals surface area contributed by atoms with Gasteiger partial charge >= 0.3 is 12.2 Å².